The first kappa shape index (κ1) is 14.0. The third kappa shape index (κ3) is 2.50. The van der Waals surface area contributed by atoms with E-state index in [0.717, 1.165) is 34.0 Å². The van der Waals surface area contributed by atoms with Crippen molar-refractivity contribution in [2.75, 3.05) is 0 Å². The van der Waals surface area contributed by atoms with E-state index in [9.17, 15) is 8.60 Å². The molecule has 0 radical (unpaired) electrons. The van der Waals surface area contributed by atoms with Crippen LogP contribution >= 0.6 is 0 Å². The number of halogens is 1. The molecule has 0 aliphatic rings. The van der Waals surface area contributed by atoms with Gasteiger partial charge in [0.1, 0.15) is 16.8 Å². The lowest BCUT2D eigenvalue weighted by Crippen LogP contribution is -2.05. The van der Waals surface area contributed by atoms with Gasteiger partial charge < -0.3 is 4.98 Å². The smallest absolute Gasteiger partial charge is 0.125 e. The predicted molar refractivity (Wildman–Crippen MR) is 83.7 cm³/mol. The minimum atomic E-state index is -1.48. The van der Waals surface area contributed by atoms with Gasteiger partial charge in [-0.25, -0.2) is 13.7 Å². The van der Waals surface area contributed by atoms with Crippen LogP contribution in [0.2, 0.25) is 0 Å². The molecule has 0 saturated carbocycles. The Balaban J connectivity index is 2.16. The number of nitrogens with one attached hydrogen (secondary N) is 1. The monoisotopic (exact) mass is 302 g/mol. The van der Waals surface area contributed by atoms with Gasteiger partial charge in [0.15, 0.2) is 0 Å². The molecule has 3 rings (SSSR count). The fraction of sp³-hybridized carbons (Fsp3) is 0.125. The first-order valence-corrected chi connectivity index (χ1v) is 7.87. The Morgan fingerprint density at radius 2 is 2.05 bits per heavy atom. The fourth-order valence-electron chi connectivity index (χ4n) is 2.56. The Morgan fingerprint density at radius 1 is 1.24 bits per heavy atom. The molecule has 0 spiro atoms. The maximum Gasteiger partial charge on any atom is 0.125 e. The number of hydrogen-bond donors (Lipinski definition) is 2. The van der Waals surface area contributed by atoms with Gasteiger partial charge in [-0.3, -0.25) is 0 Å². The Hall–Kier alpha value is -1.98. The van der Waals surface area contributed by atoms with E-state index in [-0.39, 0.29) is 5.82 Å². The Kier molecular flexibility index (Phi) is 3.61. The Labute approximate surface area is 124 Å². The number of fused-ring (bicyclic) bond motifs is 1. The van der Waals surface area contributed by atoms with Crippen LogP contribution in [0, 0.1) is 5.82 Å². The molecule has 3 N–H and O–H groups in total. The molecule has 0 amide bonds. The third-order valence-electron chi connectivity index (χ3n) is 3.61. The summed E-state index contributed by atoms with van der Waals surface area (Å²) in [5.74, 6) is -0.265. The molecule has 21 heavy (non-hydrogen) atoms. The number of aryl methyl sites for hydroxylation is 1. The van der Waals surface area contributed by atoms with Crippen LogP contribution in [0.25, 0.3) is 22.0 Å². The average molecular weight is 302 g/mol. The molecule has 2 aromatic carbocycles. The number of rotatable bonds is 3. The molecule has 1 aromatic heterocycles. The van der Waals surface area contributed by atoms with Gasteiger partial charge in [0.05, 0.1) is 4.90 Å². The van der Waals surface area contributed by atoms with Gasteiger partial charge in [0, 0.05) is 22.7 Å². The van der Waals surface area contributed by atoms with E-state index in [1.54, 1.807) is 12.1 Å². The maximum absolute atomic E-state index is 13.2. The van der Waals surface area contributed by atoms with Crippen molar-refractivity contribution in [3.8, 4) is 11.1 Å². The number of hydrogen-bond acceptors (Lipinski definition) is 1. The SMILES string of the molecule is CCc1cc(-c2c[nH]c3cc(F)ccc23)ccc1S(N)=O. The summed E-state index contributed by atoms with van der Waals surface area (Å²) in [6.07, 6.45) is 2.61. The highest BCUT2D eigenvalue weighted by molar-refractivity contribution is 7.82. The first-order chi connectivity index (χ1) is 10.1. The number of benzene rings is 2. The topological polar surface area (TPSA) is 58.9 Å². The molecule has 0 aliphatic heterocycles. The molecule has 0 bridgehead atoms. The van der Waals surface area contributed by atoms with Gasteiger partial charge in [-0.15, -0.1) is 0 Å². The van der Waals surface area contributed by atoms with Crippen molar-refractivity contribution in [3.63, 3.8) is 0 Å². The van der Waals surface area contributed by atoms with Gasteiger partial charge in [0.2, 0.25) is 0 Å². The minimum absolute atomic E-state index is 0.265. The van der Waals surface area contributed by atoms with Gasteiger partial charge in [-0.2, -0.15) is 0 Å². The zero-order valence-corrected chi connectivity index (χ0v) is 12.3. The van der Waals surface area contributed by atoms with Crippen molar-refractivity contribution >= 4 is 21.9 Å². The highest BCUT2D eigenvalue weighted by Crippen LogP contribution is 2.31. The van der Waals surface area contributed by atoms with E-state index in [4.69, 9.17) is 5.14 Å². The minimum Gasteiger partial charge on any atom is -0.360 e. The summed E-state index contributed by atoms with van der Waals surface area (Å²) in [4.78, 5) is 3.74. The molecule has 108 valence electrons. The number of nitrogens with two attached hydrogens (primary N) is 1. The number of aromatic amines is 1. The highest BCUT2D eigenvalue weighted by atomic mass is 32.2. The molecule has 0 saturated heterocycles. The average Bonchev–Trinajstić information content (AvgIpc) is 2.89. The lowest BCUT2D eigenvalue weighted by atomic mass is 10.0. The first-order valence-electron chi connectivity index (χ1n) is 6.66. The molecule has 3 aromatic rings. The Bertz CT molecular complexity index is 841. The molecule has 5 heteroatoms. The number of H-pyrrole nitrogens is 1. The summed E-state index contributed by atoms with van der Waals surface area (Å²) in [6.45, 7) is 2.00. The van der Waals surface area contributed by atoms with Crippen molar-refractivity contribution in [2.24, 2.45) is 5.14 Å². The third-order valence-corrected chi connectivity index (χ3v) is 4.44. The Morgan fingerprint density at radius 3 is 2.76 bits per heavy atom. The van der Waals surface area contributed by atoms with E-state index in [2.05, 4.69) is 4.98 Å². The van der Waals surface area contributed by atoms with Crippen molar-refractivity contribution < 1.29 is 8.60 Å². The molecule has 1 heterocycles. The standard InChI is InChI=1S/C16H15FN2OS/c1-2-10-7-11(3-6-16(10)21(18)20)14-9-19-15-8-12(17)4-5-13(14)15/h3-9,19H,2,18H2,1H3. The van der Waals surface area contributed by atoms with E-state index in [0.29, 0.717) is 4.90 Å². The number of aromatic nitrogens is 1. The quantitative estimate of drug-likeness (QED) is 0.764. The molecule has 0 fully saturated rings. The molecular formula is C16H15FN2OS. The molecular weight excluding hydrogens is 287 g/mol. The fourth-order valence-corrected chi connectivity index (χ4v) is 3.22. The van der Waals surface area contributed by atoms with E-state index in [1.165, 1.54) is 12.1 Å². The van der Waals surface area contributed by atoms with Crippen LogP contribution in [-0.4, -0.2) is 9.19 Å². The summed E-state index contributed by atoms with van der Waals surface area (Å²) >= 11 is 0. The lowest BCUT2D eigenvalue weighted by molar-refractivity contribution is 0.629. The predicted octanol–water partition coefficient (Wildman–Crippen LogP) is 3.52. The van der Waals surface area contributed by atoms with Crippen LogP contribution in [-0.2, 0) is 17.4 Å². The second-order valence-corrected chi connectivity index (χ2v) is 5.90. The van der Waals surface area contributed by atoms with E-state index < -0.39 is 11.0 Å². The maximum atomic E-state index is 13.2. The lowest BCUT2D eigenvalue weighted by Gasteiger charge is -2.08. The van der Waals surface area contributed by atoms with Crippen molar-refractivity contribution in [1.82, 2.24) is 4.98 Å². The summed E-state index contributed by atoms with van der Waals surface area (Å²) in [6, 6.07) is 10.4. The van der Waals surface area contributed by atoms with Gasteiger partial charge in [-0.1, -0.05) is 13.0 Å². The van der Waals surface area contributed by atoms with Crippen molar-refractivity contribution in [3.05, 3.63) is 54.0 Å². The van der Waals surface area contributed by atoms with Crippen molar-refractivity contribution in [1.29, 1.82) is 0 Å². The van der Waals surface area contributed by atoms with Gasteiger partial charge in [0.25, 0.3) is 0 Å². The summed E-state index contributed by atoms with van der Waals surface area (Å²) < 4.78 is 24.8. The van der Waals surface area contributed by atoms with Crippen LogP contribution < -0.4 is 5.14 Å². The van der Waals surface area contributed by atoms with Crippen LogP contribution in [0.3, 0.4) is 0 Å². The molecule has 0 aliphatic carbocycles. The zero-order chi connectivity index (χ0) is 15.0. The second kappa shape index (κ2) is 5.42. The summed E-state index contributed by atoms with van der Waals surface area (Å²) in [5.41, 5.74) is 3.72. The van der Waals surface area contributed by atoms with Crippen LogP contribution in [0.15, 0.2) is 47.5 Å². The normalized spacial score (nSPS) is 12.7. The summed E-state index contributed by atoms with van der Waals surface area (Å²) in [7, 11) is -1.48. The van der Waals surface area contributed by atoms with Crippen LogP contribution in [0.1, 0.15) is 12.5 Å². The van der Waals surface area contributed by atoms with E-state index >= 15 is 0 Å². The van der Waals surface area contributed by atoms with Crippen LogP contribution in [0.5, 0.6) is 0 Å². The zero-order valence-electron chi connectivity index (χ0n) is 11.5. The van der Waals surface area contributed by atoms with Crippen LogP contribution in [0.4, 0.5) is 4.39 Å². The molecule has 1 atom stereocenters. The molecule has 1 unspecified atom stereocenters. The van der Waals surface area contributed by atoms with E-state index in [1.807, 2.05) is 25.3 Å². The van der Waals surface area contributed by atoms with Crippen molar-refractivity contribution in [2.45, 2.75) is 18.2 Å². The highest BCUT2D eigenvalue weighted by Gasteiger charge is 2.11. The van der Waals surface area contributed by atoms with Gasteiger partial charge in [-0.05, 0) is 47.9 Å². The largest absolute Gasteiger partial charge is 0.360 e. The van der Waals surface area contributed by atoms with Gasteiger partial charge >= 0.3 is 0 Å². The summed E-state index contributed by atoms with van der Waals surface area (Å²) in [5, 5.41) is 6.45. The molecule has 3 nitrogen and oxygen atoms in total. The second-order valence-electron chi connectivity index (χ2n) is 4.87.